The third-order valence-electron chi connectivity index (χ3n) is 3.61. The van der Waals surface area contributed by atoms with Crippen molar-refractivity contribution in [1.29, 1.82) is 0 Å². The Morgan fingerprint density at radius 3 is 2.52 bits per heavy atom. The van der Waals surface area contributed by atoms with Crippen molar-refractivity contribution in [3.05, 3.63) is 78.1 Å². The molecule has 0 saturated carbocycles. The van der Waals surface area contributed by atoms with Crippen LogP contribution in [0.2, 0.25) is 0 Å². The van der Waals surface area contributed by atoms with E-state index in [-0.39, 0.29) is 17.0 Å². The number of anilines is 1. The van der Waals surface area contributed by atoms with Crippen LogP contribution in [-0.2, 0) is 6.54 Å². The molecule has 0 aliphatic carbocycles. The molecule has 0 aliphatic rings. The Hall–Kier alpha value is -3.29. The second kappa shape index (κ2) is 7.94. The summed E-state index contributed by atoms with van der Waals surface area (Å²) in [6.07, 6.45) is -1.49. The summed E-state index contributed by atoms with van der Waals surface area (Å²) in [5, 5.41) is 6.70. The molecule has 2 aromatic carbocycles. The molecule has 3 aromatic rings. The first kappa shape index (κ1) is 18.5. The number of para-hydroxylation sites is 2. The number of nitrogens with one attached hydrogen (secondary N) is 1. The molecule has 0 aliphatic heterocycles. The van der Waals surface area contributed by atoms with Gasteiger partial charge in [0.25, 0.3) is 5.91 Å². The highest BCUT2D eigenvalue weighted by atomic mass is 19.4. The average Bonchev–Trinajstić information content (AvgIpc) is 3.10. The first-order valence-corrected chi connectivity index (χ1v) is 8.07. The van der Waals surface area contributed by atoms with Gasteiger partial charge in [-0.1, -0.05) is 42.5 Å². The zero-order valence-electron chi connectivity index (χ0n) is 14.1. The van der Waals surface area contributed by atoms with Gasteiger partial charge in [0.15, 0.2) is 6.61 Å². The summed E-state index contributed by atoms with van der Waals surface area (Å²) in [5.74, 6) is -0.544. The van der Waals surface area contributed by atoms with E-state index < -0.39 is 18.7 Å². The number of hydrogen-bond donors (Lipinski definition) is 1. The number of carbonyl (C=O) groups is 1. The van der Waals surface area contributed by atoms with Crippen LogP contribution >= 0.6 is 0 Å². The minimum absolute atomic E-state index is 0.0557. The summed E-state index contributed by atoms with van der Waals surface area (Å²) in [6, 6.07) is 15.6. The Balaban J connectivity index is 1.67. The van der Waals surface area contributed by atoms with Crippen LogP contribution in [-0.4, -0.2) is 28.5 Å². The van der Waals surface area contributed by atoms with Crippen LogP contribution in [0.25, 0.3) is 0 Å². The van der Waals surface area contributed by atoms with Gasteiger partial charge >= 0.3 is 6.18 Å². The molecule has 140 valence electrons. The number of halogens is 3. The fraction of sp³-hybridized carbons (Fsp3) is 0.158. The van der Waals surface area contributed by atoms with Crippen LogP contribution in [0.3, 0.4) is 0 Å². The summed E-state index contributed by atoms with van der Waals surface area (Å²) >= 11 is 0. The van der Waals surface area contributed by atoms with Gasteiger partial charge in [0, 0.05) is 6.20 Å². The van der Waals surface area contributed by atoms with Crippen LogP contribution in [0, 0.1) is 0 Å². The van der Waals surface area contributed by atoms with Gasteiger partial charge in [-0.2, -0.15) is 18.3 Å². The summed E-state index contributed by atoms with van der Waals surface area (Å²) in [6.45, 7) is -0.936. The lowest BCUT2D eigenvalue weighted by Crippen LogP contribution is -2.20. The van der Waals surface area contributed by atoms with Crippen molar-refractivity contribution in [2.45, 2.75) is 12.7 Å². The van der Waals surface area contributed by atoms with Crippen molar-refractivity contribution in [3.8, 4) is 5.75 Å². The van der Waals surface area contributed by atoms with Gasteiger partial charge in [0.05, 0.1) is 24.0 Å². The molecule has 0 radical (unpaired) electrons. The lowest BCUT2D eigenvalue weighted by atomic mass is 10.2. The molecule has 1 amide bonds. The van der Waals surface area contributed by atoms with Crippen molar-refractivity contribution >= 4 is 11.6 Å². The van der Waals surface area contributed by atoms with Gasteiger partial charge in [-0.15, -0.1) is 0 Å². The molecule has 3 rings (SSSR count). The molecule has 5 nitrogen and oxygen atoms in total. The topological polar surface area (TPSA) is 56.1 Å². The molecule has 0 atom stereocenters. The standard InChI is InChI=1S/C19H16F3N3O2/c20-19(21,22)13-27-17-9-5-4-8-16(17)24-18(26)15-10-23-25(12-15)11-14-6-2-1-3-7-14/h1-10,12H,11,13H2,(H,24,26). The number of ether oxygens (including phenoxy) is 1. The third kappa shape index (κ3) is 5.34. The van der Waals surface area contributed by atoms with Crippen molar-refractivity contribution < 1.29 is 22.7 Å². The van der Waals surface area contributed by atoms with Crippen molar-refractivity contribution in [1.82, 2.24) is 9.78 Å². The molecule has 0 fully saturated rings. The average molecular weight is 375 g/mol. The van der Waals surface area contributed by atoms with E-state index >= 15 is 0 Å². The summed E-state index contributed by atoms with van der Waals surface area (Å²) in [5.41, 5.74) is 1.47. The maximum absolute atomic E-state index is 12.4. The number of rotatable bonds is 6. The van der Waals surface area contributed by atoms with Crippen molar-refractivity contribution in [2.24, 2.45) is 0 Å². The maximum Gasteiger partial charge on any atom is 0.422 e. The predicted octanol–water partition coefficient (Wildman–Crippen LogP) is 4.12. The molecule has 0 saturated heterocycles. The van der Waals surface area contributed by atoms with E-state index in [1.165, 1.54) is 24.4 Å². The number of carbonyl (C=O) groups excluding carboxylic acids is 1. The number of benzene rings is 2. The smallest absolute Gasteiger partial charge is 0.422 e. The van der Waals surface area contributed by atoms with Crippen LogP contribution in [0.1, 0.15) is 15.9 Å². The van der Waals surface area contributed by atoms with E-state index in [1.807, 2.05) is 30.3 Å². The molecule has 1 heterocycles. The van der Waals surface area contributed by atoms with Gasteiger partial charge in [0.1, 0.15) is 5.75 Å². The highest BCUT2D eigenvalue weighted by Gasteiger charge is 2.29. The summed E-state index contributed by atoms with van der Waals surface area (Å²) in [7, 11) is 0. The third-order valence-corrected chi connectivity index (χ3v) is 3.61. The molecular formula is C19H16F3N3O2. The Kier molecular flexibility index (Phi) is 5.44. The van der Waals surface area contributed by atoms with E-state index in [4.69, 9.17) is 4.74 Å². The van der Waals surface area contributed by atoms with Gasteiger partial charge in [-0.25, -0.2) is 0 Å². The van der Waals surface area contributed by atoms with E-state index in [1.54, 1.807) is 16.9 Å². The Morgan fingerprint density at radius 2 is 1.78 bits per heavy atom. The van der Waals surface area contributed by atoms with Crippen LogP contribution in [0.4, 0.5) is 18.9 Å². The Morgan fingerprint density at radius 1 is 1.07 bits per heavy atom. The lowest BCUT2D eigenvalue weighted by molar-refractivity contribution is -0.153. The molecule has 0 spiro atoms. The number of amides is 1. The normalized spacial score (nSPS) is 11.2. The van der Waals surface area contributed by atoms with Gasteiger partial charge < -0.3 is 10.1 Å². The monoisotopic (exact) mass is 375 g/mol. The second-order valence-corrected chi connectivity index (χ2v) is 5.77. The SMILES string of the molecule is O=C(Nc1ccccc1OCC(F)(F)F)c1cnn(Cc2ccccc2)c1. The first-order chi connectivity index (χ1) is 12.9. The van der Waals surface area contributed by atoms with Crippen LogP contribution in [0.5, 0.6) is 5.75 Å². The van der Waals surface area contributed by atoms with Crippen molar-refractivity contribution in [3.63, 3.8) is 0 Å². The maximum atomic E-state index is 12.4. The Bertz CT molecular complexity index is 908. The number of nitrogens with zero attached hydrogens (tertiary/aromatic N) is 2. The Labute approximate surface area is 153 Å². The fourth-order valence-electron chi connectivity index (χ4n) is 2.39. The van der Waals surface area contributed by atoms with Gasteiger partial charge in [-0.3, -0.25) is 9.48 Å². The summed E-state index contributed by atoms with van der Waals surface area (Å²) < 4.78 is 43.4. The van der Waals surface area contributed by atoms with Gasteiger partial charge in [0.2, 0.25) is 0 Å². The van der Waals surface area contributed by atoms with Crippen LogP contribution in [0.15, 0.2) is 67.0 Å². The molecule has 1 aromatic heterocycles. The zero-order valence-corrected chi connectivity index (χ0v) is 14.1. The first-order valence-electron chi connectivity index (χ1n) is 8.07. The highest BCUT2D eigenvalue weighted by Crippen LogP contribution is 2.26. The van der Waals surface area contributed by atoms with E-state index in [2.05, 4.69) is 10.4 Å². The van der Waals surface area contributed by atoms with Gasteiger partial charge in [-0.05, 0) is 17.7 Å². The quantitative estimate of drug-likeness (QED) is 0.705. The highest BCUT2D eigenvalue weighted by molar-refractivity contribution is 6.04. The van der Waals surface area contributed by atoms with Crippen molar-refractivity contribution in [2.75, 3.05) is 11.9 Å². The second-order valence-electron chi connectivity index (χ2n) is 5.77. The molecule has 27 heavy (non-hydrogen) atoms. The van der Waals surface area contributed by atoms with E-state index in [0.717, 1.165) is 5.56 Å². The fourth-order valence-corrected chi connectivity index (χ4v) is 2.39. The minimum Gasteiger partial charge on any atom is -0.482 e. The molecule has 0 unspecified atom stereocenters. The zero-order chi connectivity index (χ0) is 19.3. The largest absolute Gasteiger partial charge is 0.482 e. The van der Waals surface area contributed by atoms with E-state index in [9.17, 15) is 18.0 Å². The summed E-state index contributed by atoms with van der Waals surface area (Å²) in [4.78, 5) is 12.4. The molecule has 8 heteroatoms. The minimum atomic E-state index is -4.46. The number of alkyl halides is 3. The van der Waals surface area contributed by atoms with E-state index in [0.29, 0.717) is 6.54 Å². The lowest BCUT2D eigenvalue weighted by Gasteiger charge is -2.13. The number of hydrogen-bond acceptors (Lipinski definition) is 3. The molecule has 0 bridgehead atoms. The predicted molar refractivity (Wildman–Crippen MR) is 93.7 cm³/mol. The molecular weight excluding hydrogens is 359 g/mol. The molecule has 1 N–H and O–H groups in total. The van der Waals surface area contributed by atoms with Crippen LogP contribution < -0.4 is 10.1 Å². The number of aromatic nitrogens is 2.